The van der Waals surface area contributed by atoms with Crippen molar-refractivity contribution in [3.8, 4) is 22.6 Å². The van der Waals surface area contributed by atoms with Crippen molar-refractivity contribution in [2.75, 3.05) is 19.0 Å². The van der Waals surface area contributed by atoms with Crippen LogP contribution in [0.2, 0.25) is 0 Å². The standard InChI is InChI=1S/C32H29NO4/c1-5-36-31-21(3)32-27(28(19-37-32)23-12-8-13-24(17-23)35-4)18-26(31)20(2)16-30(34)33-29-15-9-11-22-10-6-7-14-25(22)29/h6-19H,5H2,1-4H3,(H,33,34)/b20-16+. The van der Waals surface area contributed by atoms with Crippen LogP contribution in [0.1, 0.15) is 25.0 Å². The second-order valence-corrected chi connectivity index (χ2v) is 8.91. The average Bonchev–Trinajstić information content (AvgIpc) is 3.35. The van der Waals surface area contributed by atoms with Crippen LogP contribution in [0.25, 0.3) is 38.4 Å². The first-order valence-corrected chi connectivity index (χ1v) is 12.3. The van der Waals surface area contributed by atoms with Crippen molar-refractivity contribution in [1.82, 2.24) is 0 Å². The van der Waals surface area contributed by atoms with Crippen LogP contribution in [0.3, 0.4) is 0 Å². The highest BCUT2D eigenvalue weighted by Crippen LogP contribution is 2.41. The van der Waals surface area contributed by atoms with Crippen LogP contribution in [0.4, 0.5) is 5.69 Å². The lowest BCUT2D eigenvalue weighted by Gasteiger charge is -2.15. The van der Waals surface area contributed by atoms with Crippen molar-refractivity contribution < 1.29 is 18.7 Å². The number of carbonyl (C=O) groups is 1. The number of fused-ring (bicyclic) bond motifs is 2. The van der Waals surface area contributed by atoms with E-state index < -0.39 is 0 Å². The Balaban J connectivity index is 1.57. The second-order valence-electron chi connectivity index (χ2n) is 8.91. The monoisotopic (exact) mass is 491 g/mol. The van der Waals surface area contributed by atoms with E-state index in [-0.39, 0.29) is 5.91 Å². The maximum Gasteiger partial charge on any atom is 0.248 e. The normalized spacial score (nSPS) is 11.6. The molecule has 0 spiro atoms. The van der Waals surface area contributed by atoms with E-state index in [0.29, 0.717) is 12.4 Å². The predicted molar refractivity (Wildman–Crippen MR) is 150 cm³/mol. The van der Waals surface area contributed by atoms with Gasteiger partial charge in [-0.15, -0.1) is 0 Å². The number of anilines is 1. The molecule has 0 bridgehead atoms. The first-order chi connectivity index (χ1) is 18.0. The summed E-state index contributed by atoms with van der Waals surface area (Å²) in [6, 6.07) is 23.8. The Morgan fingerprint density at radius 2 is 1.78 bits per heavy atom. The molecule has 0 atom stereocenters. The number of carbonyl (C=O) groups excluding carboxylic acids is 1. The first kappa shape index (κ1) is 24.2. The number of aryl methyl sites for hydroxylation is 1. The van der Waals surface area contributed by atoms with E-state index in [9.17, 15) is 4.79 Å². The summed E-state index contributed by atoms with van der Waals surface area (Å²) in [6.07, 6.45) is 3.38. The van der Waals surface area contributed by atoms with Gasteiger partial charge in [0.15, 0.2) is 0 Å². The Hall–Kier alpha value is -4.51. The van der Waals surface area contributed by atoms with Crippen molar-refractivity contribution in [3.05, 3.63) is 96.3 Å². The molecule has 186 valence electrons. The molecule has 5 heteroatoms. The second kappa shape index (κ2) is 10.2. The summed E-state index contributed by atoms with van der Waals surface area (Å²) in [5, 5.41) is 6.07. The molecule has 0 aliphatic rings. The maximum atomic E-state index is 13.1. The molecular formula is C32H29NO4. The summed E-state index contributed by atoms with van der Waals surface area (Å²) >= 11 is 0. The Morgan fingerprint density at radius 3 is 2.59 bits per heavy atom. The van der Waals surface area contributed by atoms with Crippen molar-refractivity contribution in [2.45, 2.75) is 20.8 Å². The van der Waals surface area contributed by atoms with Gasteiger partial charge < -0.3 is 19.2 Å². The lowest BCUT2D eigenvalue weighted by atomic mass is 9.96. The smallest absolute Gasteiger partial charge is 0.248 e. The van der Waals surface area contributed by atoms with Crippen LogP contribution in [0.15, 0.2) is 89.6 Å². The molecule has 0 aliphatic carbocycles. The predicted octanol–water partition coefficient (Wildman–Crippen LogP) is 8.01. The van der Waals surface area contributed by atoms with E-state index in [1.165, 1.54) is 0 Å². The molecule has 0 saturated heterocycles. The summed E-state index contributed by atoms with van der Waals surface area (Å²) in [7, 11) is 1.65. The third-order valence-corrected chi connectivity index (χ3v) is 6.53. The molecule has 5 nitrogen and oxygen atoms in total. The van der Waals surface area contributed by atoms with Crippen LogP contribution in [-0.4, -0.2) is 19.6 Å². The Bertz CT molecular complexity index is 1640. The molecule has 0 saturated carbocycles. The van der Waals surface area contributed by atoms with E-state index >= 15 is 0 Å². The fraction of sp³-hybridized carbons (Fsp3) is 0.156. The Labute approximate surface area is 216 Å². The van der Waals surface area contributed by atoms with Gasteiger partial charge in [-0.25, -0.2) is 0 Å². The van der Waals surface area contributed by atoms with E-state index in [4.69, 9.17) is 13.9 Å². The minimum Gasteiger partial charge on any atom is -0.497 e. The highest BCUT2D eigenvalue weighted by molar-refractivity contribution is 6.09. The van der Waals surface area contributed by atoms with Gasteiger partial charge in [0, 0.05) is 39.2 Å². The number of allylic oxidation sites excluding steroid dienone is 1. The summed E-state index contributed by atoms with van der Waals surface area (Å²) in [4.78, 5) is 13.1. The number of ether oxygens (including phenoxy) is 2. The van der Waals surface area contributed by atoms with E-state index in [1.807, 2.05) is 93.6 Å². The largest absolute Gasteiger partial charge is 0.497 e. The zero-order valence-electron chi connectivity index (χ0n) is 21.4. The van der Waals surface area contributed by atoms with Gasteiger partial charge in [0.25, 0.3) is 0 Å². The van der Waals surface area contributed by atoms with Crippen LogP contribution >= 0.6 is 0 Å². The fourth-order valence-electron chi connectivity index (χ4n) is 4.73. The number of benzene rings is 4. The molecule has 37 heavy (non-hydrogen) atoms. The molecule has 0 fully saturated rings. The molecular weight excluding hydrogens is 462 g/mol. The fourth-order valence-corrected chi connectivity index (χ4v) is 4.73. The van der Waals surface area contributed by atoms with Gasteiger partial charge in [-0.05, 0) is 61.6 Å². The highest BCUT2D eigenvalue weighted by Gasteiger charge is 2.19. The zero-order valence-corrected chi connectivity index (χ0v) is 21.4. The number of amides is 1. The summed E-state index contributed by atoms with van der Waals surface area (Å²) in [5.74, 6) is 1.29. The third kappa shape index (κ3) is 4.68. The molecule has 1 aromatic heterocycles. The lowest BCUT2D eigenvalue weighted by molar-refractivity contribution is -0.111. The number of hydrogen-bond acceptors (Lipinski definition) is 4. The molecule has 0 aliphatic heterocycles. The third-order valence-electron chi connectivity index (χ3n) is 6.53. The maximum absolute atomic E-state index is 13.1. The van der Waals surface area contributed by atoms with Gasteiger partial charge in [0.1, 0.15) is 17.1 Å². The van der Waals surface area contributed by atoms with Gasteiger partial charge in [0.05, 0.1) is 20.0 Å². The summed E-state index contributed by atoms with van der Waals surface area (Å²) in [6.45, 7) is 6.36. The van der Waals surface area contributed by atoms with E-state index in [0.717, 1.165) is 61.0 Å². The minimum absolute atomic E-state index is 0.200. The Kier molecular flexibility index (Phi) is 6.69. The van der Waals surface area contributed by atoms with Crippen LogP contribution in [0.5, 0.6) is 11.5 Å². The highest BCUT2D eigenvalue weighted by atomic mass is 16.5. The van der Waals surface area contributed by atoms with Gasteiger partial charge >= 0.3 is 0 Å². The quantitative estimate of drug-likeness (QED) is 0.234. The van der Waals surface area contributed by atoms with E-state index in [2.05, 4.69) is 5.32 Å². The zero-order chi connectivity index (χ0) is 25.9. The number of rotatable bonds is 7. The van der Waals surface area contributed by atoms with Crippen molar-refractivity contribution >= 4 is 38.9 Å². The van der Waals surface area contributed by atoms with Crippen molar-refractivity contribution in [1.29, 1.82) is 0 Å². The molecule has 1 N–H and O–H groups in total. The number of hydrogen-bond donors (Lipinski definition) is 1. The van der Waals surface area contributed by atoms with Crippen LogP contribution in [0, 0.1) is 6.92 Å². The molecule has 4 aromatic carbocycles. The molecule has 5 aromatic rings. The Morgan fingerprint density at radius 1 is 1.00 bits per heavy atom. The minimum atomic E-state index is -0.200. The van der Waals surface area contributed by atoms with Crippen molar-refractivity contribution in [3.63, 3.8) is 0 Å². The number of methoxy groups -OCH3 is 1. The van der Waals surface area contributed by atoms with Crippen molar-refractivity contribution in [2.24, 2.45) is 0 Å². The lowest BCUT2D eigenvalue weighted by Crippen LogP contribution is -2.09. The van der Waals surface area contributed by atoms with Crippen LogP contribution in [-0.2, 0) is 4.79 Å². The summed E-state index contributed by atoms with van der Waals surface area (Å²) in [5.41, 5.74) is 6.02. The average molecular weight is 492 g/mol. The number of furan rings is 1. The first-order valence-electron chi connectivity index (χ1n) is 12.3. The molecule has 0 radical (unpaired) electrons. The number of nitrogens with one attached hydrogen (secondary N) is 1. The molecule has 0 unspecified atom stereocenters. The molecule has 1 amide bonds. The topological polar surface area (TPSA) is 60.7 Å². The van der Waals surface area contributed by atoms with E-state index in [1.54, 1.807) is 19.4 Å². The molecule has 5 rings (SSSR count). The van der Waals surface area contributed by atoms with Gasteiger partial charge in [-0.2, -0.15) is 0 Å². The van der Waals surface area contributed by atoms with Crippen LogP contribution < -0.4 is 14.8 Å². The van der Waals surface area contributed by atoms with Gasteiger partial charge in [-0.1, -0.05) is 48.5 Å². The summed E-state index contributed by atoms with van der Waals surface area (Å²) < 4.78 is 17.5. The molecule has 1 heterocycles. The van der Waals surface area contributed by atoms with Gasteiger partial charge in [0.2, 0.25) is 5.91 Å². The van der Waals surface area contributed by atoms with Gasteiger partial charge in [-0.3, -0.25) is 4.79 Å². The SMILES string of the molecule is CCOc1c(/C(C)=C/C(=O)Nc2cccc3ccccc23)cc2c(-c3cccc(OC)c3)coc2c1C.